The molecule has 4 nitrogen and oxygen atoms in total. The molecule has 0 spiro atoms. The van der Waals surface area contributed by atoms with Crippen molar-refractivity contribution in [2.75, 3.05) is 32.1 Å². The molecular formula is C14H23N3O. The molecule has 100 valence electrons. The number of rotatable bonds is 4. The summed E-state index contributed by atoms with van der Waals surface area (Å²) in [7, 11) is 3.77. The van der Waals surface area contributed by atoms with Crippen LogP contribution in [0.25, 0.3) is 0 Å². The Kier molecular flexibility index (Phi) is 4.19. The Bertz CT molecular complexity index is 396. The minimum atomic E-state index is -0.0489. The summed E-state index contributed by atoms with van der Waals surface area (Å²) in [4.78, 5) is 6.90. The molecule has 1 N–H and O–H groups in total. The molecule has 1 aliphatic heterocycles. The van der Waals surface area contributed by atoms with Gasteiger partial charge in [-0.25, -0.2) is 4.98 Å². The molecule has 1 aromatic heterocycles. The number of hydrogen-bond acceptors (Lipinski definition) is 4. The highest BCUT2D eigenvalue weighted by molar-refractivity contribution is 5.47. The summed E-state index contributed by atoms with van der Waals surface area (Å²) >= 11 is 0. The number of anilines is 1. The van der Waals surface area contributed by atoms with Crippen LogP contribution in [0, 0.1) is 0 Å². The van der Waals surface area contributed by atoms with Crippen molar-refractivity contribution in [1.29, 1.82) is 0 Å². The first-order valence-electron chi connectivity index (χ1n) is 6.57. The van der Waals surface area contributed by atoms with Crippen LogP contribution >= 0.6 is 0 Å². The average molecular weight is 249 g/mol. The largest absolute Gasteiger partial charge is 0.377 e. The highest BCUT2D eigenvalue weighted by Gasteiger charge is 2.31. The molecule has 1 unspecified atom stereocenters. The Morgan fingerprint density at radius 3 is 3.11 bits per heavy atom. The molecule has 1 fully saturated rings. The van der Waals surface area contributed by atoms with Crippen LogP contribution in [0.3, 0.4) is 0 Å². The predicted molar refractivity (Wildman–Crippen MR) is 73.9 cm³/mol. The maximum Gasteiger partial charge on any atom is 0.133 e. The van der Waals surface area contributed by atoms with Gasteiger partial charge in [0, 0.05) is 38.5 Å². The van der Waals surface area contributed by atoms with Crippen molar-refractivity contribution in [3.05, 3.63) is 23.9 Å². The van der Waals surface area contributed by atoms with Crippen LogP contribution in [0.15, 0.2) is 18.3 Å². The van der Waals surface area contributed by atoms with Crippen molar-refractivity contribution in [2.45, 2.75) is 31.9 Å². The fourth-order valence-corrected chi connectivity index (χ4v) is 2.60. The number of aromatic nitrogens is 1. The van der Waals surface area contributed by atoms with Crippen LogP contribution in [-0.2, 0) is 11.3 Å². The lowest BCUT2D eigenvalue weighted by atomic mass is 9.94. The number of hydrogen-bond donors (Lipinski definition) is 1. The molecule has 0 amide bonds. The van der Waals surface area contributed by atoms with Gasteiger partial charge in [-0.05, 0) is 32.9 Å². The molecule has 1 saturated heterocycles. The summed E-state index contributed by atoms with van der Waals surface area (Å²) in [5.74, 6) is 1.09. The van der Waals surface area contributed by atoms with Crippen molar-refractivity contribution in [3.63, 3.8) is 0 Å². The lowest BCUT2D eigenvalue weighted by Gasteiger charge is -2.40. The standard InChI is InChI=1S/C14H23N3O/c1-14(18-3)7-5-9-17(11-14)13-12(10-15-2)6-4-8-16-13/h4,6,8,15H,5,7,9-11H2,1-3H3. The number of piperidine rings is 1. The maximum absolute atomic E-state index is 5.65. The van der Waals surface area contributed by atoms with Crippen molar-refractivity contribution in [3.8, 4) is 0 Å². The SMILES string of the molecule is CNCc1cccnc1N1CCCC(C)(OC)C1. The quantitative estimate of drug-likeness (QED) is 0.883. The van der Waals surface area contributed by atoms with Gasteiger partial charge in [0.1, 0.15) is 5.82 Å². The van der Waals surface area contributed by atoms with E-state index in [9.17, 15) is 0 Å². The Morgan fingerprint density at radius 1 is 1.56 bits per heavy atom. The van der Waals surface area contributed by atoms with Crippen LogP contribution in [0.4, 0.5) is 5.82 Å². The summed E-state index contributed by atoms with van der Waals surface area (Å²) in [6.45, 7) is 5.01. The van der Waals surface area contributed by atoms with Gasteiger partial charge in [-0.15, -0.1) is 0 Å². The van der Waals surface area contributed by atoms with Gasteiger partial charge in [0.15, 0.2) is 0 Å². The lowest BCUT2D eigenvalue weighted by Crippen LogP contribution is -2.48. The van der Waals surface area contributed by atoms with Gasteiger partial charge in [-0.1, -0.05) is 6.07 Å². The fraction of sp³-hybridized carbons (Fsp3) is 0.643. The van der Waals surface area contributed by atoms with Crippen molar-refractivity contribution in [1.82, 2.24) is 10.3 Å². The molecule has 0 saturated carbocycles. The molecule has 1 aliphatic rings. The highest BCUT2D eigenvalue weighted by atomic mass is 16.5. The molecule has 2 rings (SSSR count). The molecular weight excluding hydrogens is 226 g/mol. The number of ether oxygens (including phenoxy) is 1. The Balaban J connectivity index is 2.20. The van der Waals surface area contributed by atoms with E-state index in [1.807, 2.05) is 19.3 Å². The molecule has 4 heteroatoms. The second-order valence-electron chi connectivity index (χ2n) is 5.20. The summed E-state index contributed by atoms with van der Waals surface area (Å²) in [5, 5.41) is 3.20. The third kappa shape index (κ3) is 2.82. The first kappa shape index (κ1) is 13.3. The number of pyridine rings is 1. The van der Waals surface area contributed by atoms with Crippen LogP contribution < -0.4 is 10.2 Å². The second kappa shape index (κ2) is 5.67. The molecule has 0 bridgehead atoms. The lowest BCUT2D eigenvalue weighted by molar-refractivity contribution is -0.00484. The molecule has 0 aromatic carbocycles. The summed E-state index contributed by atoms with van der Waals surface area (Å²) < 4.78 is 5.65. The maximum atomic E-state index is 5.65. The topological polar surface area (TPSA) is 37.4 Å². The minimum absolute atomic E-state index is 0.0489. The number of nitrogens with one attached hydrogen (secondary N) is 1. The van der Waals surface area contributed by atoms with E-state index < -0.39 is 0 Å². The van der Waals surface area contributed by atoms with Gasteiger partial charge in [0.25, 0.3) is 0 Å². The van der Waals surface area contributed by atoms with E-state index in [0.717, 1.165) is 38.3 Å². The molecule has 1 atom stereocenters. The van der Waals surface area contributed by atoms with E-state index in [0.29, 0.717) is 0 Å². The van der Waals surface area contributed by atoms with Gasteiger partial charge < -0.3 is 15.0 Å². The van der Waals surface area contributed by atoms with Crippen LogP contribution in [0.1, 0.15) is 25.3 Å². The minimum Gasteiger partial charge on any atom is -0.377 e. The van der Waals surface area contributed by atoms with E-state index in [1.165, 1.54) is 5.56 Å². The zero-order valence-corrected chi connectivity index (χ0v) is 11.6. The zero-order valence-electron chi connectivity index (χ0n) is 11.6. The van der Waals surface area contributed by atoms with Crippen LogP contribution in [-0.4, -0.2) is 37.8 Å². The van der Waals surface area contributed by atoms with Crippen molar-refractivity contribution < 1.29 is 4.74 Å². The smallest absolute Gasteiger partial charge is 0.133 e. The number of nitrogens with zero attached hydrogens (tertiary/aromatic N) is 2. The van der Waals surface area contributed by atoms with E-state index >= 15 is 0 Å². The first-order valence-corrected chi connectivity index (χ1v) is 6.57. The van der Waals surface area contributed by atoms with Crippen molar-refractivity contribution in [2.24, 2.45) is 0 Å². The van der Waals surface area contributed by atoms with Gasteiger partial charge in [-0.2, -0.15) is 0 Å². The third-order valence-corrected chi connectivity index (χ3v) is 3.69. The van der Waals surface area contributed by atoms with Crippen molar-refractivity contribution >= 4 is 5.82 Å². The van der Waals surface area contributed by atoms with Crippen LogP contribution in [0.2, 0.25) is 0 Å². The van der Waals surface area contributed by atoms with E-state index in [-0.39, 0.29) is 5.60 Å². The fourth-order valence-electron chi connectivity index (χ4n) is 2.60. The summed E-state index contributed by atoms with van der Waals surface area (Å²) in [6, 6.07) is 4.13. The van der Waals surface area contributed by atoms with E-state index in [2.05, 4.69) is 28.2 Å². The van der Waals surface area contributed by atoms with E-state index in [4.69, 9.17) is 4.74 Å². The average Bonchev–Trinajstić information content (AvgIpc) is 2.40. The zero-order chi connectivity index (χ0) is 13.0. The highest BCUT2D eigenvalue weighted by Crippen LogP contribution is 2.28. The first-order chi connectivity index (χ1) is 8.68. The molecule has 1 aromatic rings. The van der Waals surface area contributed by atoms with Crippen LogP contribution in [0.5, 0.6) is 0 Å². The normalized spacial score (nSPS) is 24.3. The van der Waals surface area contributed by atoms with Gasteiger partial charge in [0.2, 0.25) is 0 Å². The molecule has 0 aliphatic carbocycles. The van der Waals surface area contributed by atoms with Gasteiger partial charge in [0.05, 0.1) is 5.60 Å². The van der Waals surface area contributed by atoms with Gasteiger partial charge in [-0.3, -0.25) is 0 Å². The Hall–Kier alpha value is -1.13. The number of methoxy groups -OCH3 is 1. The second-order valence-corrected chi connectivity index (χ2v) is 5.20. The van der Waals surface area contributed by atoms with E-state index in [1.54, 1.807) is 7.11 Å². The molecule has 18 heavy (non-hydrogen) atoms. The summed E-state index contributed by atoms with van der Waals surface area (Å²) in [6.07, 6.45) is 4.14. The van der Waals surface area contributed by atoms with Gasteiger partial charge >= 0.3 is 0 Å². The molecule has 0 radical (unpaired) electrons. The predicted octanol–water partition coefficient (Wildman–Crippen LogP) is 1.81. The molecule has 2 heterocycles. The summed E-state index contributed by atoms with van der Waals surface area (Å²) in [5.41, 5.74) is 1.20. The Morgan fingerprint density at radius 2 is 2.39 bits per heavy atom. The third-order valence-electron chi connectivity index (χ3n) is 3.69. The monoisotopic (exact) mass is 249 g/mol. The Labute approximate surface area is 109 Å².